The molecule has 3 aliphatic carbocycles. The van der Waals surface area contributed by atoms with Gasteiger partial charge in [0.15, 0.2) is 5.78 Å². The summed E-state index contributed by atoms with van der Waals surface area (Å²) >= 11 is 0. The van der Waals surface area contributed by atoms with Crippen LogP contribution in [0.4, 0.5) is 5.69 Å². The molecule has 5 rings (SSSR count). The maximum Gasteiger partial charge on any atom is 0.223 e. The number of carbonyl (C=O) groups excluding carboxylic acids is 3. The first-order valence-electron chi connectivity index (χ1n) is 15.9. The molecule has 1 aromatic carbocycles. The number of aldehydes is 1. The van der Waals surface area contributed by atoms with Crippen molar-refractivity contribution in [3.8, 4) is 0 Å². The summed E-state index contributed by atoms with van der Waals surface area (Å²) in [5, 5.41) is 10.4. The van der Waals surface area contributed by atoms with Crippen LogP contribution in [0, 0.1) is 35.0 Å². The summed E-state index contributed by atoms with van der Waals surface area (Å²) in [7, 11) is 0. The molecule has 3 saturated carbocycles. The largest absolute Gasteiger partial charge is 0.377 e. The van der Waals surface area contributed by atoms with E-state index < -0.39 is 0 Å². The maximum atomic E-state index is 14.5. The number of carbonyl (C=O) groups is 3. The predicted octanol–water partition coefficient (Wildman–Crippen LogP) is 5.98. The minimum atomic E-state index is -0.343. The lowest BCUT2D eigenvalue weighted by molar-refractivity contribution is -0.131. The fraction of sp³-hybridized carbons (Fsp3) is 0.629. The van der Waals surface area contributed by atoms with Crippen LogP contribution in [-0.2, 0) is 20.8 Å². The van der Waals surface area contributed by atoms with E-state index in [1.54, 1.807) is 0 Å². The molecule has 1 heterocycles. The third kappa shape index (κ3) is 6.03. The van der Waals surface area contributed by atoms with E-state index in [0.29, 0.717) is 30.3 Å². The quantitative estimate of drug-likeness (QED) is 0.217. The molecule has 0 radical (unpaired) electrons. The highest BCUT2D eigenvalue weighted by molar-refractivity contribution is 5.89. The van der Waals surface area contributed by atoms with Gasteiger partial charge in [0, 0.05) is 35.2 Å². The smallest absolute Gasteiger partial charge is 0.223 e. The van der Waals surface area contributed by atoms with Crippen molar-refractivity contribution in [2.45, 2.75) is 103 Å². The molecule has 3 fully saturated rings. The van der Waals surface area contributed by atoms with Crippen molar-refractivity contribution in [1.82, 2.24) is 10.6 Å². The number of ketones is 1. The molecule has 3 N–H and O–H groups in total. The molecule has 0 saturated heterocycles. The first kappa shape index (κ1) is 29.6. The minimum absolute atomic E-state index is 0.0240. The molecular formula is C35H49N3O3. The van der Waals surface area contributed by atoms with Crippen molar-refractivity contribution < 1.29 is 14.4 Å². The Balaban J connectivity index is 1.32. The van der Waals surface area contributed by atoms with E-state index in [-0.39, 0.29) is 53.0 Å². The van der Waals surface area contributed by atoms with E-state index >= 15 is 0 Å². The van der Waals surface area contributed by atoms with Gasteiger partial charge in [0.2, 0.25) is 5.91 Å². The van der Waals surface area contributed by atoms with Gasteiger partial charge in [0.25, 0.3) is 0 Å². The van der Waals surface area contributed by atoms with Crippen LogP contribution in [0.3, 0.4) is 0 Å². The third-order valence-corrected chi connectivity index (χ3v) is 10.8. The number of rotatable bonds is 12. The number of amides is 1. The average molecular weight is 560 g/mol. The fourth-order valence-corrected chi connectivity index (χ4v) is 8.35. The number of nitrogens with one attached hydrogen (secondary N) is 3. The third-order valence-electron chi connectivity index (χ3n) is 10.8. The van der Waals surface area contributed by atoms with Crippen LogP contribution >= 0.6 is 0 Å². The van der Waals surface area contributed by atoms with Gasteiger partial charge in [-0.3, -0.25) is 14.4 Å². The number of hydrogen-bond acceptors (Lipinski definition) is 5. The van der Waals surface area contributed by atoms with Gasteiger partial charge in [0.05, 0.1) is 18.1 Å². The predicted molar refractivity (Wildman–Crippen MR) is 164 cm³/mol. The van der Waals surface area contributed by atoms with Crippen molar-refractivity contribution in [1.29, 1.82) is 0 Å². The maximum absolute atomic E-state index is 14.5. The van der Waals surface area contributed by atoms with Crippen LogP contribution in [0.1, 0.15) is 84.1 Å². The zero-order valence-corrected chi connectivity index (χ0v) is 25.2. The topological polar surface area (TPSA) is 87.3 Å². The highest BCUT2D eigenvalue weighted by Crippen LogP contribution is 2.68. The van der Waals surface area contributed by atoms with Gasteiger partial charge >= 0.3 is 0 Å². The van der Waals surface area contributed by atoms with Crippen LogP contribution in [0.25, 0.3) is 0 Å². The molecule has 41 heavy (non-hydrogen) atoms. The number of hydrogen-bond donors (Lipinski definition) is 3. The molecule has 0 spiro atoms. The van der Waals surface area contributed by atoms with Crippen molar-refractivity contribution in [2.24, 2.45) is 35.0 Å². The molecule has 6 nitrogen and oxygen atoms in total. The molecule has 1 aromatic rings. The summed E-state index contributed by atoms with van der Waals surface area (Å²) in [6.07, 6.45) is 10.2. The molecule has 6 heteroatoms. The lowest BCUT2D eigenvalue weighted by atomic mass is 9.73. The van der Waals surface area contributed by atoms with Crippen molar-refractivity contribution in [3.05, 3.63) is 54.3 Å². The zero-order chi connectivity index (χ0) is 29.3. The van der Waals surface area contributed by atoms with E-state index in [9.17, 15) is 14.4 Å². The highest BCUT2D eigenvalue weighted by atomic mass is 16.2. The standard InChI is InChI=1S/C35H49N3O3/c1-6-12-28(21(2)20-39)38-34(41)26-17-25(18-27-31(26)35(27,4)5)33(40)32(23-13-8-7-9-14-23)36-22(3)30-19-24-15-10-11-16-29(24)37-30/h10-11,15-16,20,23,25-28,30-32,36-37H,2-3,6-9,12-14,17-19H2,1,4-5H3,(H,38,41). The van der Waals surface area contributed by atoms with Gasteiger partial charge in [-0.1, -0.05) is 77.8 Å². The second kappa shape index (κ2) is 12.1. The number of fused-ring (bicyclic) bond motifs is 2. The van der Waals surface area contributed by atoms with Gasteiger partial charge in [0.1, 0.15) is 6.29 Å². The Kier molecular flexibility index (Phi) is 8.77. The molecule has 0 aromatic heterocycles. The molecule has 4 aliphatic rings. The summed E-state index contributed by atoms with van der Waals surface area (Å²) in [5.74, 6) is 0.778. The van der Waals surface area contributed by atoms with Crippen molar-refractivity contribution in [3.63, 3.8) is 0 Å². The molecule has 1 aliphatic heterocycles. The highest BCUT2D eigenvalue weighted by Gasteiger charge is 2.65. The summed E-state index contributed by atoms with van der Waals surface area (Å²) in [6.45, 7) is 14.8. The number of para-hydroxylation sites is 1. The van der Waals surface area contributed by atoms with E-state index in [0.717, 1.165) is 62.6 Å². The van der Waals surface area contributed by atoms with Crippen LogP contribution in [-0.4, -0.2) is 36.1 Å². The minimum Gasteiger partial charge on any atom is -0.377 e. The Hall–Kier alpha value is -2.89. The lowest BCUT2D eigenvalue weighted by Gasteiger charge is -2.36. The normalized spacial score (nSPS) is 29.6. The van der Waals surface area contributed by atoms with Crippen LogP contribution in [0.15, 0.2) is 48.7 Å². The van der Waals surface area contributed by atoms with Crippen molar-refractivity contribution in [2.75, 3.05) is 5.32 Å². The second-order valence-electron chi connectivity index (χ2n) is 13.8. The SMILES string of the molecule is C=C(C=O)C(CCC)NC(=O)C1CC(C(=O)C(NC(=C)C2Cc3ccccc3N2)C2CCCCC2)CC2C1C2(C)C. The van der Waals surface area contributed by atoms with Crippen LogP contribution in [0.5, 0.6) is 0 Å². The van der Waals surface area contributed by atoms with Crippen molar-refractivity contribution >= 4 is 23.7 Å². The first-order valence-corrected chi connectivity index (χ1v) is 15.9. The molecule has 1 amide bonds. The Morgan fingerprint density at radius 2 is 1.83 bits per heavy atom. The van der Waals surface area contributed by atoms with Gasteiger partial charge in [-0.05, 0) is 66.9 Å². The summed E-state index contributed by atoms with van der Waals surface area (Å²) in [6, 6.07) is 7.80. The van der Waals surface area contributed by atoms with E-state index in [4.69, 9.17) is 0 Å². The molecule has 7 unspecified atom stereocenters. The Bertz CT molecular complexity index is 1160. The number of benzene rings is 1. The van der Waals surface area contributed by atoms with E-state index in [1.807, 2.05) is 13.0 Å². The molecule has 7 atom stereocenters. The Morgan fingerprint density at radius 1 is 1.10 bits per heavy atom. The molecule has 0 bridgehead atoms. The van der Waals surface area contributed by atoms with Gasteiger partial charge in [-0.15, -0.1) is 0 Å². The Morgan fingerprint density at radius 3 is 2.51 bits per heavy atom. The second-order valence-corrected chi connectivity index (χ2v) is 13.8. The Labute approximate surface area is 246 Å². The van der Waals surface area contributed by atoms with Gasteiger partial charge < -0.3 is 16.0 Å². The first-order chi connectivity index (χ1) is 19.6. The average Bonchev–Trinajstić information content (AvgIpc) is 3.30. The van der Waals surface area contributed by atoms with Crippen LogP contribution < -0.4 is 16.0 Å². The van der Waals surface area contributed by atoms with E-state index in [2.05, 4.69) is 61.2 Å². The van der Waals surface area contributed by atoms with Crippen LogP contribution in [0.2, 0.25) is 0 Å². The summed E-state index contributed by atoms with van der Waals surface area (Å²) in [5.41, 5.74) is 3.76. The number of anilines is 1. The van der Waals surface area contributed by atoms with Gasteiger partial charge in [-0.2, -0.15) is 0 Å². The lowest BCUT2D eigenvalue weighted by Crippen LogP contribution is -2.50. The zero-order valence-electron chi connectivity index (χ0n) is 25.2. The summed E-state index contributed by atoms with van der Waals surface area (Å²) in [4.78, 5) is 39.6. The molecule has 222 valence electrons. The number of Topliss-reactive ketones (excluding diaryl/α,β-unsaturated/α-hetero) is 1. The van der Waals surface area contributed by atoms with Gasteiger partial charge in [-0.25, -0.2) is 0 Å². The fourth-order valence-electron chi connectivity index (χ4n) is 8.35. The molecular weight excluding hydrogens is 510 g/mol. The monoisotopic (exact) mass is 559 g/mol. The summed E-state index contributed by atoms with van der Waals surface area (Å²) < 4.78 is 0. The van der Waals surface area contributed by atoms with E-state index in [1.165, 1.54) is 12.0 Å².